The van der Waals surface area contributed by atoms with Crippen molar-refractivity contribution in [3.8, 4) is 5.75 Å². The molecule has 0 radical (unpaired) electrons. The van der Waals surface area contributed by atoms with E-state index in [1.54, 1.807) is 24.3 Å². The molecule has 144 valence electrons. The molecule has 3 rings (SSSR count). The quantitative estimate of drug-likeness (QED) is 0.630. The van der Waals surface area contributed by atoms with Crippen LogP contribution in [-0.2, 0) is 0 Å². The monoisotopic (exact) mass is 396 g/mol. The van der Waals surface area contributed by atoms with Gasteiger partial charge in [0.1, 0.15) is 11.4 Å². The van der Waals surface area contributed by atoms with Crippen LogP contribution in [0.25, 0.3) is 0 Å². The smallest absolute Gasteiger partial charge is 0.274 e. The van der Waals surface area contributed by atoms with Crippen LogP contribution >= 0.6 is 11.6 Å². The summed E-state index contributed by atoms with van der Waals surface area (Å²) in [6, 6.07) is 12.7. The van der Waals surface area contributed by atoms with E-state index < -0.39 is 0 Å². The average Bonchev–Trinajstić information content (AvgIpc) is 2.64. The molecule has 0 unspecified atom stereocenters. The molecule has 3 aromatic rings. The van der Waals surface area contributed by atoms with Crippen molar-refractivity contribution in [3.05, 3.63) is 70.0 Å². The Bertz CT molecular complexity index is 1040. The third-order valence-electron chi connectivity index (χ3n) is 4.14. The number of aryl methyl sites for hydroxylation is 3. The Kier molecular flexibility index (Phi) is 5.80. The fourth-order valence-electron chi connectivity index (χ4n) is 2.67. The highest BCUT2D eigenvalue weighted by atomic mass is 35.5. The Morgan fingerprint density at radius 3 is 2.54 bits per heavy atom. The van der Waals surface area contributed by atoms with Crippen LogP contribution in [0.1, 0.15) is 27.3 Å². The molecule has 0 aliphatic carbocycles. The van der Waals surface area contributed by atoms with E-state index in [9.17, 15) is 4.79 Å². The maximum atomic E-state index is 12.7. The van der Waals surface area contributed by atoms with Crippen LogP contribution in [-0.4, -0.2) is 23.0 Å². The fourth-order valence-corrected chi connectivity index (χ4v) is 2.93. The minimum Gasteiger partial charge on any atom is -0.495 e. The lowest BCUT2D eigenvalue weighted by Gasteiger charge is -2.12. The second-order valence-corrected chi connectivity index (χ2v) is 6.87. The number of amides is 1. The van der Waals surface area contributed by atoms with E-state index >= 15 is 0 Å². The van der Waals surface area contributed by atoms with Gasteiger partial charge >= 0.3 is 0 Å². The lowest BCUT2D eigenvalue weighted by Crippen LogP contribution is -2.15. The van der Waals surface area contributed by atoms with E-state index in [1.807, 2.05) is 39.0 Å². The second-order valence-electron chi connectivity index (χ2n) is 6.46. The van der Waals surface area contributed by atoms with Gasteiger partial charge in [0.2, 0.25) is 5.95 Å². The molecular formula is C21H21ClN4O2. The highest BCUT2D eigenvalue weighted by Gasteiger charge is 2.13. The minimum absolute atomic E-state index is 0.257. The predicted molar refractivity (Wildman–Crippen MR) is 112 cm³/mol. The number of benzene rings is 2. The fraction of sp³-hybridized carbons (Fsp3) is 0.190. The van der Waals surface area contributed by atoms with Crippen molar-refractivity contribution in [2.75, 3.05) is 17.7 Å². The Morgan fingerprint density at radius 1 is 1.04 bits per heavy atom. The van der Waals surface area contributed by atoms with Crippen molar-refractivity contribution < 1.29 is 9.53 Å². The molecule has 0 spiro atoms. The van der Waals surface area contributed by atoms with Crippen molar-refractivity contribution in [2.24, 2.45) is 0 Å². The molecule has 0 atom stereocenters. The van der Waals surface area contributed by atoms with Gasteiger partial charge in [-0.2, -0.15) is 0 Å². The van der Waals surface area contributed by atoms with Crippen LogP contribution in [0, 0.1) is 20.8 Å². The Hall–Kier alpha value is -3.12. The van der Waals surface area contributed by atoms with Gasteiger partial charge in [0.25, 0.3) is 5.91 Å². The topological polar surface area (TPSA) is 76.1 Å². The summed E-state index contributed by atoms with van der Waals surface area (Å²) in [5, 5.41) is 6.40. The first-order valence-corrected chi connectivity index (χ1v) is 9.08. The van der Waals surface area contributed by atoms with Gasteiger partial charge in [-0.15, -0.1) is 0 Å². The zero-order valence-corrected chi connectivity index (χ0v) is 16.9. The Balaban J connectivity index is 1.83. The number of carbonyl (C=O) groups is 1. The van der Waals surface area contributed by atoms with Gasteiger partial charge < -0.3 is 15.4 Å². The average molecular weight is 397 g/mol. The summed E-state index contributed by atoms with van der Waals surface area (Å²) in [6.07, 6.45) is 0. The molecule has 1 amide bonds. The summed E-state index contributed by atoms with van der Waals surface area (Å²) in [5.74, 6) is 0.555. The lowest BCUT2D eigenvalue weighted by atomic mass is 10.1. The summed E-state index contributed by atoms with van der Waals surface area (Å²) in [6.45, 7) is 5.83. The van der Waals surface area contributed by atoms with Gasteiger partial charge in [0.05, 0.1) is 12.1 Å². The number of carbonyl (C=O) groups excluding carboxylic acids is 1. The number of anilines is 3. The van der Waals surface area contributed by atoms with E-state index in [4.69, 9.17) is 16.3 Å². The van der Waals surface area contributed by atoms with Crippen LogP contribution < -0.4 is 15.4 Å². The molecule has 2 aromatic carbocycles. The SMILES string of the molecule is COc1ccc(NC(=O)c2cc(C)nc(Nc3cc(C)ccc3C)n2)cc1Cl. The number of ether oxygens (including phenoxy) is 1. The number of rotatable bonds is 5. The molecular weight excluding hydrogens is 376 g/mol. The number of nitrogens with one attached hydrogen (secondary N) is 2. The van der Waals surface area contributed by atoms with Crippen molar-refractivity contribution in [3.63, 3.8) is 0 Å². The van der Waals surface area contributed by atoms with Gasteiger partial charge in [-0.1, -0.05) is 23.7 Å². The van der Waals surface area contributed by atoms with Crippen LogP contribution in [0.15, 0.2) is 42.5 Å². The zero-order valence-electron chi connectivity index (χ0n) is 16.1. The number of nitrogens with zero attached hydrogens (tertiary/aromatic N) is 2. The van der Waals surface area contributed by atoms with Crippen molar-refractivity contribution in [2.45, 2.75) is 20.8 Å². The van der Waals surface area contributed by atoms with E-state index in [0.29, 0.717) is 28.1 Å². The standard InChI is InChI=1S/C21H21ClN4O2/c1-12-5-6-13(2)17(9-12)25-21-23-14(3)10-18(26-21)20(27)24-15-7-8-19(28-4)16(22)11-15/h5-11H,1-4H3,(H,24,27)(H,23,25,26). The molecule has 6 nitrogen and oxygen atoms in total. The molecule has 0 bridgehead atoms. The molecule has 0 aliphatic rings. The van der Waals surface area contributed by atoms with Crippen molar-refractivity contribution in [1.82, 2.24) is 9.97 Å². The maximum absolute atomic E-state index is 12.7. The Morgan fingerprint density at radius 2 is 1.82 bits per heavy atom. The number of hydrogen-bond donors (Lipinski definition) is 2. The summed E-state index contributed by atoms with van der Waals surface area (Å²) in [7, 11) is 1.54. The molecule has 0 saturated heterocycles. The molecule has 7 heteroatoms. The van der Waals surface area contributed by atoms with Crippen molar-refractivity contribution in [1.29, 1.82) is 0 Å². The molecule has 0 fully saturated rings. The molecule has 1 heterocycles. The van der Waals surface area contributed by atoms with Gasteiger partial charge in [0.15, 0.2) is 0 Å². The molecule has 1 aromatic heterocycles. The van der Waals surface area contributed by atoms with Crippen LogP contribution in [0.4, 0.5) is 17.3 Å². The molecule has 0 saturated carbocycles. The molecule has 2 N–H and O–H groups in total. The van der Waals surface area contributed by atoms with E-state index in [-0.39, 0.29) is 11.6 Å². The highest BCUT2D eigenvalue weighted by molar-refractivity contribution is 6.32. The molecule has 28 heavy (non-hydrogen) atoms. The number of methoxy groups -OCH3 is 1. The van der Waals surface area contributed by atoms with Crippen LogP contribution in [0.3, 0.4) is 0 Å². The lowest BCUT2D eigenvalue weighted by molar-refractivity contribution is 0.102. The largest absolute Gasteiger partial charge is 0.495 e. The first-order chi connectivity index (χ1) is 13.4. The number of halogens is 1. The Labute approximate surface area is 168 Å². The number of aromatic nitrogens is 2. The first-order valence-electron chi connectivity index (χ1n) is 8.70. The zero-order chi connectivity index (χ0) is 20.3. The second kappa shape index (κ2) is 8.27. The third-order valence-corrected chi connectivity index (χ3v) is 4.43. The summed E-state index contributed by atoms with van der Waals surface area (Å²) in [4.78, 5) is 21.4. The first kappa shape index (κ1) is 19.6. The van der Waals surface area contributed by atoms with Crippen molar-refractivity contribution >= 4 is 34.8 Å². The molecule has 0 aliphatic heterocycles. The summed E-state index contributed by atoms with van der Waals surface area (Å²) in [5.41, 5.74) is 4.58. The third kappa shape index (κ3) is 4.58. The normalized spacial score (nSPS) is 10.5. The summed E-state index contributed by atoms with van der Waals surface area (Å²) < 4.78 is 5.12. The van der Waals surface area contributed by atoms with Crippen LogP contribution in [0.2, 0.25) is 5.02 Å². The van der Waals surface area contributed by atoms with E-state index in [2.05, 4.69) is 20.6 Å². The number of hydrogen-bond acceptors (Lipinski definition) is 5. The van der Waals surface area contributed by atoms with Crippen LogP contribution in [0.5, 0.6) is 5.75 Å². The van der Waals surface area contributed by atoms with Gasteiger partial charge in [-0.05, 0) is 62.2 Å². The van der Waals surface area contributed by atoms with E-state index in [0.717, 1.165) is 16.8 Å². The van der Waals surface area contributed by atoms with Gasteiger partial charge in [0, 0.05) is 17.1 Å². The maximum Gasteiger partial charge on any atom is 0.274 e. The summed E-state index contributed by atoms with van der Waals surface area (Å²) >= 11 is 6.12. The van der Waals surface area contributed by atoms with E-state index in [1.165, 1.54) is 7.11 Å². The highest BCUT2D eigenvalue weighted by Crippen LogP contribution is 2.27. The minimum atomic E-state index is -0.351. The van der Waals surface area contributed by atoms with Gasteiger partial charge in [-0.3, -0.25) is 4.79 Å². The van der Waals surface area contributed by atoms with Gasteiger partial charge in [-0.25, -0.2) is 9.97 Å². The predicted octanol–water partition coefficient (Wildman–Crippen LogP) is 5.06.